The predicted molar refractivity (Wildman–Crippen MR) is 56.4 cm³/mol. The molecule has 58 valence electrons. The Hall–Kier alpha value is -1.31. The fourth-order valence-corrected chi connectivity index (χ4v) is 2.30. The molecule has 0 aromatic heterocycles. The minimum Gasteiger partial charge on any atom is -0.119 e. The summed E-state index contributed by atoms with van der Waals surface area (Å²) in [5.41, 5.74) is 0.984. The van der Waals surface area contributed by atoms with Crippen LogP contribution in [0.2, 0.25) is 6.55 Å². The van der Waals surface area contributed by atoms with Crippen LogP contribution in [-0.2, 0) is 0 Å². The van der Waals surface area contributed by atoms with E-state index in [-0.39, 0.29) is 15.0 Å². The van der Waals surface area contributed by atoms with Gasteiger partial charge in [0.2, 0.25) is 0 Å². The second-order valence-electron chi connectivity index (χ2n) is 2.50. The highest BCUT2D eigenvalue weighted by atomic mass is 28.2. The maximum atomic E-state index is 5.38. The molecule has 0 saturated heterocycles. The van der Waals surface area contributed by atoms with Crippen LogP contribution < -0.4 is 0 Å². The normalized spacial score (nSPS) is 24.4. The Labute approximate surface area is 75.8 Å². The monoisotopic (exact) mass is 170 g/mol. The number of hydrogen-bond donors (Lipinski definition) is 0. The number of rotatable bonds is 0. The fourth-order valence-electron chi connectivity index (χ4n) is 1.24. The smallest absolute Gasteiger partial charge is 0.0599 e. The summed E-state index contributed by atoms with van der Waals surface area (Å²) in [6.45, 7) is 2.16. The molecule has 1 atom stereocenters. The summed E-state index contributed by atoms with van der Waals surface area (Å²) in [7, 11) is 0.228. The molecule has 0 radical (unpaired) electrons. The molecule has 0 aromatic carbocycles. The van der Waals surface area contributed by atoms with Crippen molar-refractivity contribution >= 4 is 14.3 Å². The van der Waals surface area contributed by atoms with Crippen molar-refractivity contribution in [3.05, 3.63) is 23.8 Å². The highest BCUT2D eigenvalue weighted by molar-refractivity contribution is 6.58. The summed E-state index contributed by atoms with van der Waals surface area (Å²) in [5.74, 6) is 5.54. The largest absolute Gasteiger partial charge is 0.119 e. The average molecular weight is 170 g/mol. The first kappa shape index (κ1) is 8.78. The molecule has 0 bridgehead atoms. The molecular formula is C11H10Si. The number of terminal acetylenes is 2. The Bertz CT molecular complexity index is 342. The van der Waals surface area contributed by atoms with E-state index < -0.39 is 0 Å². The van der Waals surface area contributed by atoms with Gasteiger partial charge in [-0.25, -0.2) is 0 Å². The van der Waals surface area contributed by atoms with E-state index in [1.54, 1.807) is 0 Å². The Morgan fingerprint density at radius 3 is 2.75 bits per heavy atom. The molecule has 0 nitrogen and oxygen atoms in total. The first-order valence-electron chi connectivity index (χ1n) is 3.81. The van der Waals surface area contributed by atoms with Crippen LogP contribution >= 0.6 is 0 Å². The summed E-state index contributed by atoms with van der Waals surface area (Å²) in [5, 5.41) is 1.27. The number of allylic oxidation sites excluding steroid dienone is 4. The van der Waals surface area contributed by atoms with Gasteiger partial charge in [-0.3, -0.25) is 0 Å². The molecular weight excluding hydrogens is 160 g/mol. The van der Waals surface area contributed by atoms with Gasteiger partial charge in [0, 0.05) is 5.57 Å². The maximum absolute atomic E-state index is 5.38. The van der Waals surface area contributed by atoms with Gasteiger partial charge in [0.25, 0.3) is 0 Å². The van der Waals surface area contributed by atoms with Crippen molar-refractivity contribution in [2.24, 2.45) is 5.92 Å². The van der Waals surface area contributed by atoms with Crippen molar-refractivity contribution in [1.29, 1.82) is 0 Å². The molecule has 0 fully saturated rings. The van der Waals surface area contributed by atoms with Crippen LogP contribution in [0.1, 0.15) is 0 Å². The van der Waals surface area contributed by atoms with Gasteiger partial charge in [-0.15, -0.1) is 12.8 Å². The molecule has 0 spiro atoms. The lowest BCUT2D eigenvalue weighted by Crippen LogP contribution is -2.17. The lowest BCUT2D eigenvalue weighted by Gasteiger charge is -2.14. The van der Waals surface area contributed by atoms with E-state index in [1.807, 2.05) is 18.2 Å². The van der Waals surface area contributed by atoms with Gasteiger partial charge in [0.1, 0.15) is 0 Å². The summed E-state index contributed by atoms with van der Waals surface area (Å²) in [4.78, 5) is 0. The van der Waals surface area contributed by atoms with Gasteiger partial charge in [0.05, 0.1) is 5.92 Å². The topological polar surface area (TPSA) is 0 Å². The highest BCUT2D eigenvalue weighted by Gasteiger charge is 2.12. The van der Waals surface area contributed by atoms with Gasteiger partial charge >= 0.3 is 0 Å². The third kappa shape index (κ3) is 1.47. The number of hydrogen-bond acceptors (Lipinski definition) is 0. The molecule has 0 amide bonds. The molecule has 1 aliphatic rings. The minimum absolute atomic E-state index is 0.140. The zero-order chi connectivity index (χ0) is 8.97. The maximum Gasteiger partial charge on any atom is 0.0599 e. The second-order valence-corrected chi connectivity index (χ2v) is 3.70. The summed E-state index contributed by atoms with van der Waals surface area (Å²) in [6, 6.07) is 0. The molecule has 0 N–H and O–H groups in total. The van der Waals surface area contributed by atoms with Crippen molar-refractivity contribution in [3.63, 3.8) is 0 Å². The lowest BCUT2D eigenvalue weighted by molar-refractivity contribution is 1.20. The van der Waals surface area contributed by atoms with E-state index in [4.69, 9.17) is 12.8 Å². The van der Waals surface area contributed by atoms with Crippen molar-refractivity contribution < 1.29 is 0 Å². The van der Waals surface area contributed by atoms with Crippen molar-refractivity contribution in [2.75, 3.05) is 0 Å². The van der Waals surface area contributed by atoms with Crippen LogP contribution in [-0.4, -0.2) is 14.3 Å². The van der Waals surface area contributed by atoms with Crippen molar-refractivity contribution in [1.82, 2.24) is 0 Å². The van der Waals surface area contributed by atoms with E-state index in [1.165, 1.54) is 5.17 Å². The highest BCUT2D eigenvalue weighted by Crippen LogP contribution is 2.13. The quantitative estimate of drug-likeness (QED) is 0.376. The molecule has 0 saturated carbocycles. The second kappa shape index (κ2) is 3.90. The van der Waals surface area contributed by atoms with E-state index in [0.717, 1.165) is 5.57 Å². The Morgan fingerprint density at radius 2 is 2.25 bits per heavy atom. The first-order valence-corrected chi connectivity index (χ1v) is 5.54. The Kier molecular flexibility index (Phi) is 2.86. The minimum atomic E-state index is 0.140. The molecule has 1 aliphatic carbocycles. The van der Waals surface area contributed by atoms with Gasteiger partial charge in [-0.1, -0.05) is 30.5 Å². The molecule has 12 heavy (non-hydrogen) atoms. The standard InChI is InChI=1S/C11H10Si/c1-4-9-7-6-8-10(5-2)11(9)12-3/h1-2,6-9,12H,3H3. The van der Waals surface area contributed by atoms with Gasteiger partial charge < -0.3 is 0 Å². The van der Waals surface area contributed by atoms with Crippen LogP contribution in [0.4, 0.5) is 0 Å². The van der Waals surface area contributed by atoms with Crippen LogP contribution in [0.15, 0.2) is 23.8 Å². The molecule has 1 heteroatoms. The third-order valence-electron chi connectivity index (χ3n) is 1.86. The van der Waals surface area contributed by atoms with Gasteiger partial charge in [0.15, 0.2) is 0 Å². The third-order valence-corrected chi connectivity index (χ3v) is 3.15. The van der Waals surface area contributed by atoms with Crippen LogP contribution in [0.3, 0.4) is 0 Å². The van der Waals surface area contributed by atoms with Crippen molar-refractivity contribution in [2.45, 2.75) is 6.55 Å². The molecule has 1 unspecified atom stereocenters. The zero-order valence-corrected chi connectivity index (χ0v) is 8.20. The Morgan fingerprint density at radius 1 is 1.50 bits per heavy atom. The summed E-state index contributed by atoms with van der Waals surface area (Å²) >= 11 is 0. The zero-order valence-electron chi connectivity index (χ0n) is 7.04. The SMILES string of the molecule is C#CC1=CC=CC(C#C)C1=[SiH]C. The van der Waals surface area contributed by atoms with E-state index in [2.05, 4.69) is 18.4 Å². The van der Waals surface area contributed by atoms with Crippen LogP contribution in [0.25, 0.3) is 0 Å². The van der Waals surface area contributed by atoms with Crippen LogP contribution in [0.5, 0.6) is 0 Å². The fraction of sp³-hybridized carbons (Fsp3) is 0.182. The van der Waals surface area contributed by atoms with E-state index in [9.17, 15) is 0 Å². The summed E-state index contributed by atoms with van der Waals surface area (Å²) < 4.78 is 0. The Balaban J connectivity index is 3.10. The molecule has 0 heterocycles. The first-order chi connectivity index (χ1) is 5.83. The average Bonchev–Trinajstić information content (AvgIpc) is 2.16. The molecule has 0 aliphatic heterocycles. The van der Waals surface area contributed by atoms with Crippen molar-refractivity contribution in [3.8, 4) is 24.7 Å². The summed E-state index contributed by atoms with van der Waals surface area (Å²) in [6.07, 6.45) is 16.7. The molecule has 1 rings (SSSR count). The van der Waals surface area contributed by atoms with Gasteiger partial charge in [-0.05, 0) is 20.4 Å². The molecule has 0 aromatic rings. The van der Waals surface area contributed by atoms with E-state index in [0.29, 0.717) is 0 Å². The van der Waals surface area contributed by atoms with E-state index >= 15 is 0 Å². The van der Waals surface area contributed by atoms with Crippen LogP contribution in [0, 0.1) is 30.6 Å². The lowest BCUT2D eigenvalue weighted by atomic mass is 9.95. The predicted octanol–water partition coefficient (Wildman–Crippen LogP) is 1.02. The van der Waals surface area contributed by atoms with Gasteiger partial charge in [-0.2, -0.15) is 0 Å².